The van der Waals surface area contributed by atoms with E-state index < -0.39 is 0 Å². The molecule has 2 aromatic rings. The van der Waals surface area contributed by atoms with E-state index in [0.717, 1.165) is 51.6 Å². The van der Waals surface area contributed by atoms with Gasteiger partial charge >= 0.3 is 0 Å². The smallest absolute Gasteiger partial charge is 0.185 e. The summed E-state index contributed by atoms with van der Waals surface area (Å²) in [5.41, 5.74) is 3.30. The van der Waals surface area contributed by atoms with Crippen LogP contribution in [0, 0.1) is 0 Å². The predicted octanol–water partition coefficient (Wildman–Crippen LogP) is 8.79. The lowest BCUT2D eigenvalue weighted by Gasteiger charge is -2.17. The van der Waals surface area contributed by atoms with E-state index in [1.165, 1.54) is 77.0 Å². The van der Waals surface area contributed by atoms with Crippen LogP contribution in [0.15, 0.2) is 48.6 Å². The van der Waals surface area contributed by atoms with Gasteiger partial charge in [0.05, 0.1) is 12.7 Å². The summed E-state index contributed by atoms with van der Waals surface area (Å²) in [6.45, 7) is 1.98. The molecule has 0 aliphatic carbocycles. The second-order valence-electron chi connectivity index (χ2n) is 11.0. The van der Waals surface area contributed by atoms with Crippen LogP contribution >= 0.6 is 25.3 Å². The molecule has 0 unspecified atom stereocenters. The van der Waals surface area contributed by atoms with Crippen LogP contribution in [0.2, 0.25) is 0 Å². The zero-order chi connectivity index (χ0) is 28.7. The number of hydrogen-bond acceptors (Lipinski definition) is 4. The van der Waals surface area contributed by atoms with Crippen LogP contribution in [0.4, 0.5) is 0 Å². The Morgan fingerprint density at radius 3 is 1.10 bits per heavy atom. The summed E-state index contributed by atoms with van der Waals surface area (Å²) in [7, 11) is 0. The van der Waals surface area contributed by atoms with Gasteiger partial charge in [0, 0.05) is 50.7 Å². The number of thiol groups is 2. The maximum absolute atomic E-state index is 11.0. The molecule has 0 aromatic carbocycles. The number of nitrogens with zero attached hydrogens (tertiary/aromatic N) is 4. The minimum atomic E-state index is 0.0116. The quantitative estimate of drug-likeness (QED) is 0.0655. The molecular formula is C32H52N4O2S2. The maximum Gasteiger partial charge on any atom is 0.185 e. The van der Waals surface area contributed by atoms with E-state index in [0.29, 0.717) is 12.8 Å². The van der Waals surface area contributed by atoms with Crippen LogP contribution in [-0.2, 0) is 22.7 Å². The molecular weight excluding hydrogens is 537 g/mol. The fourth-order valence-corrected chi connectivity index (χ4v) is 5.64. The fraction of sp³-hybridized carbons (Fsp3) is 0.688. The van der Waals surface area contributed by atoms with Gasteiger partial charge in [-0.05, 0) is 51.4 Å². The second kappa shape index (κ2) is 22.8. The number of rotatable bonds is 26. The average Bonchev–Trinajstić information content (AvgIpc) is 3.65. The van der Waals surface area contributed by atoms with Crippen molar-refractivity contribution in [2.75, 3.05) is 0 Å². The number of carbonyl (C=O) groups excluding carboxylic acids is 2. The summed E-state index contributed by atoms with van der Waals surface area (Å²) < 4.78 is 4.40. The molecule has 8 heteroatoms. The molecule has 2 rings (SSSR count). The average molecular weight is 589 g/mol. The first-order valence-electron chi connectivity index (χ1n) is 15.6. The number of hydrogen-bond donors (Lipinski definition) is 2. The van der Waals surface area contributed by atoms with Crippen LogP contribution < -0.4 is 0 Å². The van der Waals surface area contributed by atoms with Crippen LogP contribution in [0.1, 0.15) is 128 Å². The van der Waals surface area contributed by atoms with Crippen molar-refractivity contribution in [2.45, 2.75) is 142 Å². The molecule has 0 saturated carbocycles. The van der Waals surface area contributed by atoms with Crippen molar-refractivity contribution in [3.63, 3.8) is 0 Å². The molecule has 224 valence electrons. The van der Waals surface area contributed by atoms with Crippen molar-refractivity contribution in [2.24, 2.45) is 0 Å². The van der Waals surface area contributed by atoms with Gasteiger partial charge in [0.15, 0.2) is 10.2 Å². The molecule has 0 fully saturated rings. The fourth-order valence-electron chi connectivity index (χ4n) is 5.32. The molecule has 0 amide bonds. The summed E-state index contributed by atoms with van der Waals surface area (Å²) in [6.07, 6.45) is 34.2. The van der Waals surface area contributed by atoms with E-state index in [4.69, 9.17) is 0 Å². The highest BCUT2D eigenvalue weighted by atomic mass is 32.1. The monoisotopic (exact) mass is 588 g/mol. The molecule has 0 N–H and O–H groups in total. The Hall–Kier alpha value is -1.80. The van der Waals surface area contributed by atoms with Gasteiger partial charge in [0.2, 0.25) is 0 Å². The van der Waals surface area contributed by atoms with Gasteiger partial charge < -0.3 is 9.13 Å². The molecule has 2 aromatic heterocycles. The minimum Gasteiger partial charge on any atom is -0.337 e. The first-order chi connectivity index (χ1) is 19.5. The van der Waals surface area contributed by atoms with Gasteiger partial charge in [-0.3, -0.25) is 9.59 Å². The molecule has 0 radical (unpaired) electrons. The Balaban J connectivity index is 1.86. The first kappa shape index (κ1) is 34.4. The summed E-state index contributed by atoms with van der Waals surface area (Å²) >= 11 is 7.72. The van der Waals surface area contributed by atoms with E-state index in [1.54, 1.807) is 11.1 Å². The van der Waals surface area contributed by atoms with Crippen molar-refractivity contribution in [3.8, 4) is 0 Å². The highest BCUT2D eigenvalue weighted by molar-refractivity contribution is 7.96. The van der Waals surface area contributed by atoms with Crippen LogP contribution in [0.5, 0.6) is 0 Å². The molecule has 0 aliphatic rings. The third-order valence-electron chi connectivity index (χ3n) is 7.70. The zero-order valence-corrected chi connectivity index (χ0v) is 26.3. The summed E-state index contributed by atoms with van der Waals surface area (Å²) in [6, 6.07) is 0. The van der Waals surface area contributed by atoms with Gasteiger partial charge in [-0.1, -0.05) is 75.4 Å². The number of allylic oxidation sites excluding steroid dienone is 2. The van der Waals surface area contributed by atoms with Crippen LogP contribution in [0.3, 0.4) is 0 Å². The normalized spacial score (nSPS) is 12.1. The molecule has 0 aliphatic heterocycles. The zero-order valence-electron chi connectivity index (χ0n) is 24.5. The molecule has 6 nitrogen and oxygen atoms in total. The van der Waals surface area contributed by atoms with E-state index in [-0.39, 0.29) is 10.2 Å². The van der Waals surface area contributed by atoms with Crippen LogP contribution in [0.25, 0.3) is 0 Å². The Morgan fingerprint density at radius 1 is 0.475 bits per heavy atom. The van der Waals surface area contributed by atoms with Gasteiger partial charge in [0.25, 0.3) is 0 Å². The Morgan fingerprint density at radius 2 is 0.800 bits per heavy atom. The number of unbranched alkanes of at least 4 members (excludes halogenated alkanes) is 12. The minimum absolute atomic E-state index is 0.0116. The second-order valence-corrected chi connectivity index (χ2v) is 12.0. The number of aryl methyl sites for hydroxylation is 2. The van der Waals surface area contributed by atoms with Gasteiger partial charge in [-0.25, -0.2) is 9.97 Å². The molecule has 2 heterocycles. The lowest BCUT2D eigenvalue weighted by atomic mass is 9.92. The van der Waals surface area contributed by atoms with E-state index in [9.17, 15) is 9.59 Å². The standard InChI is InChI=1S/C32H52N4O2S2/c37-31(39)17-13-9-5-1-3-7-11-15-29(19-23-35-25-21-33-27-35)30(20-24-36-26-22-34-28-36)16-12-8-4-2-6-10-14-18-32(38)40/h21-22,25-28H,1-20,23-24H2,(H,37,39)(H,38,40)/b30-29-. The Kier molecular flexibility index (Phi) is 19.6. The molecule has 40 heavy (non-hydrogen) atoms. The summed E-state index contributed by atoms with van der Waals surface area (Å²) in [5.74, 6) is 0. The van der Waals surface area contributed by atoms with Crippen molar-refractivity contribution >= 4 is 35.5 Å². The largest absolute Gasteiger partial charge is 0.337 e. The lowest BCUT2D eigenvalue weighted by molar-refractivity contribution is -0.111. The SMILES string of the molecule is O=C(S)CCCCCCCCC/C(CCn1ccnc1)=C(\CCCCCCCCCC(=O)S)CCn1ccnc1. The van der Waals surface area contributed by atoms with Crippen molar-refractivity contribution in [1.29, 1.82) is 0 Å². The highest BCUT2D eigenvalue weighted by Gasteiger charge is 2.10. The molecule has 0 saturated heterocycles. The predicted molar refractivity (Wildman–Crippen MR) is 172 cm³/mol. The van der Waals surface area contributed by atoms with E-state index in [2.05, 4.69) is 56.8 Å². The third-order valence-corrected chi connectivity index (χ3v) is 8.15. The van der Waals surface area contributed by atoms with Gasteiger partial charge in [-0.2, -0.15) is 0 Å². The molecule has 0 bridgehead atoms. The summed E-state index contributed by atoms with van der Waals surface area (Å²) in [4.78, 5) is 30.4. The number of aromatic nitrogens is 4. The first-order valence-corrected chi connectivity index (χ1v) is 16.5. The number of carbonyl (C=O) groups is 2. The Labute approximate surface area is 253 Å². The highest BCUT2D eigenvalue weighted by Crippen LogP contribution is 2.26. The maximum atomic E-state index is 11.0. The Bertz CT molecular complexity index is 866. The van der Waals surface area contributed by atoms with Crippen LogP contribution in [-0.4, -0.2) is 29.3 Å². The van der Waals surface area contributed by atoms with Crippen molar-refractivity contribution in [1.82, 2.24) is 19.1 Å². The lowest BCUT2D eigenvalue weighted by Crippen LogP contribution is -2.04. The summed E-state index contributed by atoms with van der Waals surface area (Å²) in [5, 5.41) is 0.0232. The number of imidazole rings is 2. The third kappa shape index (κ3) is 17.8. The van der Waals surface area contributed by atoms with E-state index in [1.807, 2.05) is 25.0 Å². The van der Waals surface area contributed by atoms with Gasteiger partial charge in [0.1, 0.15) is 0 Å². The van der Waals surface area contributed by atoms with Crippen molar-refractivity contribution < 1.29 is 9.59 Å². The molecule has 0 atom stereocenters. The van der Waals surface area contributed by atoms with Gasteiger partial charge in [-0.15, -0.1) is 25.3 Å². The van der Waals surface area contributed by atoms with E-state index >= 15 is 0 Å². The topological polar surface area (TPSA) is 69.8 Å². The van der Waals surface area contributed by atoms with Crippen molar-refractivity contribution in [3.05, 3.63) is 48.6 Å². The molecule has 0 spiro atoms.